The topological polar surface area (TPSA) is 71.1 Å². The van der Waals surface area contributed by atoms with Gasteiger partial charge in [-0.15, -0.1) is 0 Å². The van der Waals surface area contributed by atoms with E-state index in [9.17, 15) is 9.59 Å². The molecule has 1 saturated heterocycles. The van der Waals surface area contributed by atoms with Gasteiger partial charge in [0.05, 0.1) is 27.4 Å². The van der Waals surface area contributed by atoms with Crippen LogP contribution >= 0.6 is 0 Å². The number of hydrogen-bond donors (Lipinski definition) is 0. The normalized spacial score (nSPS) is 17.2. The summed E-state index contributed by atoms with van der Waals surface area (Å²) in [5.41, 5.74) is 0. The van der Waals surface area contributed by atoms with Crippen molar-refractivity contribution < 1.29 is 28.5 Å². The van der Waals surface area contributed by atoms with E-state index in [4.69, 9.17) is 9.47 Å². The summed E-state index contributed by atoms with van der Waals surface area (Å²) in [7, 11) is 2.45. The van der Waals surface area contributed by atoms with Crippen LogP contribution < -0.4 is 0 Å². The first-order valence-electron chi connectivity index (χ1n) is 5.08. The summed E-state index contributed by atoms with van der Waals surface area (Å²) >= 11 is 0. The number of rotatable bonds is 4. The Morgan fingerprint density at radius 3 is 2.12 bits per heavy atom. The minimum Gasteiger partial charge on any atom is -0.468 e. The Labute approximate surface area is 93.8 Å². The zero-order valence-electron chi connectivity index (χ0n) is 9.43. The highest BCUT2D eigenvalue weighted by Gasteiger charge is 2.33. The molecule has 1 fully saturated rings. The Bertz CT molecular complexity index is 230. The quantitative estimate of drug-likeness (QED) is 0.505. The van der Waals surface area contributed by atoms with Crippen LogP contribution in [0.4, 0.5) is 0 Å². The first kappa shape index (κ1) is 12.9. The number of ether oxygens (including phenoxy) is 4. The van der Waals surface area contributed by atoms with E-state index in [2.05, 4.69) is 9.47 Å². The van der Waals surface area contributed by atoms with Gasteiger partial charge in [0, 0.05) is 6.42 Å². The smallest absolute Gasteiger partial charge is 0.320 e. The van der Waals surface area contributed by atoms with Gasteiger partial charge in [-0.05, 0) is 6.42 Å². The maximum absolute atomic E-state index is 11.4. The highest BCUT2D eigenvalue weighted by Crippen LogP contribution is 2.17. The molecule has 0 aromatic carbocycles. The van der Waals surface area contributed by atoms with E-state index in [1.165, 1.54) is 14.2 Å². The van der Waals surface area contributed by atoms with Gasteiger partial charge in [-0.1, -0.05) is 0 Å². The largest absolute Gasteiger partial charge is 0.468 e. The second kappa shape index (κ2) is 6.44. The molecule has 0 atom stereocenters. The Kier molecular flexibility index (Phi) is 5.21. The van der Waals surface area contributed by atoms with Crippen molar-refractivity contribution >= 4 is 11.9 Å². The molecule has 0 spiro atoms. The van der Waals surface area contributed by atoms with Crippen LogP contribution in [0.2, 0.25) is 0 Å². The lowest BCUT2D eigenvalue weighted by Gasteiger charge is -2.25. The third kappa shape index (κ3) is 3.46. The van der Waals surface area contributed by atoms with Gasteiger partial charge >= 0.3 is 11.9 Å². The molecule has 0 radical (unpaired) electrons. The van der Waals surface area contributed by atoms with E-state index in [1.54, 1.807) is 0 Å². The average Bonchev–Trinajstić information content (AvgIpc) is 2.35. The van der Waals surface area contributed by atoms with Crippen LogP contribution in [0.1, 0.15) is 12.8 Å². The average molecular weight is 232 g/mol. The summed E-state index contributed by atoms with van der Waals surface area (Å²) in [5, 5.41) is 0. The summed E-state index contributed by atoms with van der Waals surface area (Å²) in [5.74, 6) is -2.26. The van der Waals surface area contributed by atoms with Crippen LogP contribution in [-0.4, -0.2) is 45.7 Å². The van der Waals surface area contributed by atoms with Crippen LogP contribution in [0.5, 0.6) is 0 Å². The Morgan fingerprint density at radius 2 is 1.69 bits per heavy atom. The highest BCUT2D eigenvalue weighted by atomic mass is 16.7. The predicted octanol–water partition coefficient (Wildman–Crippen LogP) is 0.102. The van der Waals surface area contributed by atoms with Crippen molar-refractivity contribution in [2.75, 3.05) is 27.4 Å². The molecule has 1 aliphatic heterocycles. The molecule has 16 heavy (non-hydrogen) atoms. The van der Waals surface area contributed by atoms with Crippen LogP contribution in [0.3, 0.4) is 0 Å². The summed E-state index contributed by atoms with van der Waals surface area (Å²) < 4.78 is 19.6. The molecule has 0 amide bonds. The van der Waals surface area contributed by atoms with Gasteiger partial charge in [0.25, 0.3) is 0 Å². The fraction of sp³-hybridized carbons (Fsp3) is 0.800. The standard InChI is InChI=1S/C10H16O6/c1-13-9(11)7(10(12)14-2)6-8-15-4-3-5-16-8/h7-8H,3-6H2,1-2H3. The molecule has 1 rings (SSSR count). The monoisotopic (exact) mass is 232 g/mol. The van der Waals surface area contributed by atoms with Crippen molar-refractivity contribution in [3.63, 3.8) is 0 Å². The van der Waals surface area contributed by atoms with Crippen molar-refractivity contribution in [1.82, 2.24) is 0 Å². The summed E-state index contributed by atoms with van der Waals surface area (Å²) in [6, 6.07) is 0. The number of hydrogen-bond acceptors (Lipinski definition) is 6. The Morgan fingerprint density at radius 1 is 1.19 bits per heavy atom. The molecule has 1 aliphatic rings. The Hall–Kier alpha value is -1.14. The zero-order valence-corrected chi connectivity index (χ0v) is 9.43. The molecule has 0 aromatic rings. The van der Waals surface area contributed by atoms with Gasteiger partial charge < -0.3 is 18.9 Å². The van der Waals surface area contributed by atoms with E-state index < -0.39 is 24.1 Å². The molecule has 6 heteroatoms. The summed E-state index contributed by atoms with van der Waals surface area (Å²) in [4.78, 5) is 22.7. The maximum atomic E-state index is 11.4. The SMILES string of the molecule is COC(=O)C(CC1OCCCO1)C(=O)OC. The molecule has 0 unspecified atom stereocenters. The lowest BCUT2D eigenvalue weighted by Crippen LogP contribution is -2.34. The number of carbonyl (C=O) groups is 2. The Balaban J connectivity index is 2.54. The third-order valence-corrected chi connectivity index (χ3v) is 2.30. The molecule has 1 heterocycles. The second-order valence-electron chi connectivity index (χ2n) is 3.36. The fourth-order valence-electron chi connectivity index (χ4n) is 1.44. The van der Waals surface area contributed by atoms with Gasteiger partial charge in [-0.25, -0.2) is 0 Å². The number of methoxy groups -OCH3 is 2. The van der Waals surface area contributed by atoms with Crippen molar-refractivity contribution in [1.29, 1.82) is 0 Å². The molecule has 6 nitrogen and oxygen atoms in total. The van der Waals surface area contributed by atoms with Crippen molar-refractivity contribution in [2.24, 2.45) is 5.92 Å². The first-order valence-corrected chi connectivity index (χ1v) is 5.08. The highest BCUT2D eigenvalue weighted by molar-refractivity contribution is 5.94. The second-order valence-corrected chi connectivity index (χ2v) is 3.36. The molecule has 0 bridgehead atoms. The minimum atomic E-state index is -0.988. The summed E-state index contributed by atoms with van der Waals surface area (Å²) in [6.45, 7) is 1.14. The third-order valence-electron chi connectivity index (χ3n) is 2.30. The minimum absolute atomic E-state index is 0.124. The van der Waals surface area contributed by atoms with Gasteiger partial charge in [-0.2, -0.15) is 0 Å². The number of esters is 2. The van der Waals surface area contributed by atoms with Crippen molar-refractivity contribution in [3.8, 4) is 0 Å². The fourth-order valence-corrected chi connectivity index (χ4v) is 1.44. The molecule has 92 valence electrons. The van der Waals surface area contributed by atoms with Crippen LogP contribution in [0.25, 0.3) is 0 Å². The van der Waals surface area contributed by atoms with E-state index in [1.807, 2.05) is 0 Å². The lowest BCUT2D eigenvalue weighted by atomic mass is 10.1. The van der Waals surface area contributed by atoms with Gasteiger partial charge in [0.15, 0.2) is 12.2 Å². The van der Waals surface area contributed by atoms with E-state index >= 15 is 0 Å². The van der Waals surface area contributed by atoms with E-state index in [0.29, 0.717) is 13.2 Å². The van der Waals surface area contributed by atoms with Gasteiger partial charge in [-0.3, -0.25) is 9.59 Å². The molecule has 0 saturated carbocycles. The zero-order chi connectivity index (χ0) is 12.0. The summed E-state index contributed by atoms with van der Waals surface area (Å²) in [6.07, 6.45) is 0.397. The molecule has 0 aromatic heterocycles. The van der Waals surface area contributed by atoms with Crippen LogP contribution in [0.15, 0.2) is 0 Å². The van der Waals surface area contributed by atoms with E-state index in [-0.39, 0.29) is 6.42 Å². The van der Waals surface area contributed by atoms with Crippen molar-refractivity contribution in [3.05, 3.63) is 0 Å². The molecular weight excluding hydrogens is 216 g/mol. The van der Waals surface area contributed by atoms with Gasteiger partial charge in [0.1, 0.15) is 0 Å². The molecule has 0 N–H and O–H groups in total. The van der Waals surface area contributed by atoms with Crippen LogP contribution in [0, 0.1) is 5.92 Å². The van der Waals surface area contributed by atoms with Crippen molar-refractivity contribution in [2.45, 2.75) is 19.1 Å². The maximum Gasteiger partial charge on any atom is 0.320 e. The first-order chi connectivity index (χ1) is 7.69. The van der Waals surface area contributed by atoms with Gasteiger partial charge in [0.2, 0.25) is 0 Å². The van der Waals surface area contributed by atoms with Crippen LogP contribution in [-0.2, 0) is 28.5 Å². The van der Waals surface area contributed by atoms with E-state index in [0.717, 1.165) is 6.42 Å². The molecule has 0 aliphatic carbocycles. The molecular formula is C10H16O6. The predicted molar refractivity (Wildman–Crippen MR) is 52.4 cm³/mol. The number of carbonyl (C=O) groups excluding carboxylic acids is 2. The lowest BCUT2D eigenvalue weighted by molar-refractivity contribution is -0.195.